The van der Waals surface area contributed by atoms with Crippen molar-refractivity contribution >= 4 is 19.8 Å². The summed E-state index contributed by atoms with van der Waals surface area (Å²) in [6.45, 7) is 1.88. The van der Waals surface area contributed by atoms with E-state index in [4.69, 9.17) is 0 Å². The molecule has 4 nitrogen and oxygen atoms in total. The van der Waals surface area contributed by atoms with E-state index in [0.717, 1.165) is 31.2 Å². The summed E-state index contributed by atoms with van der Waals surface area (Å²) in [7, 11) is -7.26. The van der Waals surface area contributed by atoms with Gasteiger partial charge in [-0.25, -0.2) is 4.21 Å². The van der Waals surface area contributed by atoms with Crippen molar-refractivity contribution in [1.82, 2.24) is 0 Å². The third-order valence-electron chi connectivity index (χ3n) is 4.79. The predicted molar refractivity (Wildman–Crippen MR) is 109 cm³/mol. The molecule has 0 radical (unpaired) electrons. The molecule has 0 aliphatic heterocycles. The maximum absolute atomic E-state index is 13.7. The van der Waals surface area contributed by atoms with Crippen molar-refractivity contribution in [2.75, 3.05) is 0 Å². The molecule has 0 bridgehead atoms. The van der Waals surface area contributed by atoms with Gasteiger partial charge in [-0.3, -0.25) is 0 Å². The van der Waals surface area contributed by atoms with Crippen molar-refractivity contribution in [3.63, 3.8) is 0 Å². The topological polar surface area (TPSA) is 63.6 Å². The molecule has 1 aliphatic carbocycles. The minimum Gasteiger partial charge on any atom is -0.239 e. The van der Waals surface area contributed by atoms with Gasteiger partial charge in [0.2, 0.25) is 0 Å². The molecule has 0 saturated heterocycles. The van der Waals surface area contributed by atoms with Crippen LogP contribution in [0.1, 0.15) is 37.7 Å². The van der Waals surface area contributed by atoms with Gasteiger partial charge < -0.3 is 0 Å². The number of rotatable bonds is 5. The fourth-order valence-electron chi connectivity index (χ4n) is 3.21. The largest absolute Gasteiger partial charge is 0.290 e. The molecule has 1 atom stereocenters. The summed E-state index contributed by atoms with van der Waals surface area (Å²) in [4.78, 5) is 0.468. The van der Waals surface area contributed by atoms with Crippen LogP contribution in [0.25, 0.3) is 0 Å². The number of nitrogens with zero attached hydrogens (tertiary/aromatic N) is 1. The van der Waals surface area contributed by atoms with Crippen LogP contribution in [0.5, 0.6) is 0 Å². The van der Waals surface area contributed by atoms with Gasteiger partial charge in [-0.15, -0.1) is 0 Å². The van der Waals surface area contributed by atoms with Gasteiger partial charge in [0, 0.05) is 5.41 Å². The standard InChI is InChI=1S/C21H25NO3S2/c1-18-12-14-21(15-13-18)27(24,25)22-26(23,20-10-6-3-7-11-20)17-16-19-8-4-2-5-9-19/h3,6-7,10-17,19H,2,4-5,8-9H2,1H3/b17-16+/t26-/m0/s1. The summed E-state index contributed by atoms with van der Waals surface area (Å²) < 4.78 is 43.2. The fraction of sp³-hybridized carbons (Fsp3) is 0.333. The molecule has 1 fully saturated rings. The van der Waals surface area contributed by atoms with Crippen LogP contribution in [0.2, 0.25) is 0 Å². The van der Waals surface area contributed by atoms with Crippen molar-refractivity contribution in [1.29, 1.82) is 0 Å². The fourth-order valence-corrected chi connectivity index (χ4v) is 6.88. The molecule has 27 heavy (non-hydrogen) atoms. The quantitative estimate of drug-likeness (QED) is 0.680. The Kier molecular flexibility index (Phi) is 6.17. The second-order valence-corrected chi connectivity index (χ2v) is 10.9. The van der Waals surface area contributed by atoms with Crippen LogP contribution < -0.4 is 0 Å². The highest BCUT2D eigenvalue weighted by atomic mass is 32.3. The smallest absolute Gasteiger partial charge is 0.239 e. The second kappa shape index (κ2) is 8.40. The minimum atomic E-state index is -4.04. The van der Waals surface area contributed by atoms with E-state index < -0.39 is 19.8 Å². The van der Waals surface area contributed by atoms with E-state index in [1.54, 1.807) is 36.4 Å². The first kappa shape index (κ1) is 19.8. The van der Waals surface area contributed by atoms with Gasteiger partial charge in [-0.1, -0.05) is 65.0 Å². The van der Waals surface area contributed by atoms with Gasteiger partial charge in [0.25, 0.3) is 10.0 Å². The van der Waals surface area contributed by atoms with Gasteiger partial charge in [0.15, 0.2) is 0 Å². The molecule has 2 aromatic carbocycles. The lowest BCUT2D eigenvalue weighted by Gasteiger charge is -2.18. The summed E-state index contributed by atoms with van der Waals surface area (Å²) in [5, 5.41) is 1.52. The average molecular weight is 404 g/mol. The summed E-state index contributed by atoms with van der Waals surface area (Å²) in [5.41, 5.74) is 0.954. The molecular formula is C21H25NO3S2. The van der Waals surface area contributed by atoms with Gasteiger partial charge in [0.1, 0.15) is 9.73 Å². The normalized spacial score (nSPS) is 18.3. The van der Waals surface area contributed by atoms with Gasteiger partial charge in [-0.2, -0.15) is 8.42 Å². The summed E-state index contributed by atoms with van der Waals surface area (Å²) in [6, 6.07) is 15.1. The number of benzene rings is 2. The Morgan fingerprint density at radius 3 is 2.11 bits per heavy atom. The van der Waals surface area contributed by atoms with Crippen LogP contribution in [0, 0.1) is 12.8 Å². The van der Waals surface area contributed by atoms with Crippen LogP contribution in [0.15, 0.2) is 79.6 Å². The molecule has 1 aliphatic rings. The molecule has 144 valence electrons. The van der Waals surface area contributed by atoms with Crippen LogP contribution >= 0.6 is 0 Å². The average Bonchev–Trinajstić information content (AvgIpc) is 2.68. The van der Waals surface area contributed by atoms with E-state index in [0.29, 0.717) is 10.8 Å². The molecule has 3 rings (SSSR count). The van der Waals surface area contributed by atoms with E-state index in [1.807, 2.05) is 19.1 Å². The number of allylic oxidation sites excluding steroid dienone is 1. The zero-order valence-electron chi connectivity index (χ0n) is 15.5. The van der Waals surface area contributed by atoms with Crippen molar-refractivity contribution in [2.45, 2.75) is 48.8 Å². The van der Waals surface area contributed by atoms with Gasteiger partial charge >= 0.3 is 0 Å². The number of hydrogen-bond acceptors (Lipinski definition) is 3. The molecule has 0 spiro atoms. The minimum absolute atomic E-state index is 0.0582. The van der Waals surface area contributed by atoms with E-state index >= 15 is 0 Å². The first-order chi connectivity index (χ1) is 12.9. The van der Waals surface area contributed by atoms with Gasteiger partial charge in [-0.05, 0) is 49.9 Å². The number of hydrogen-bond donors (Lipinski definition) is 0. The monoisotopic (exact) mass is 403 g/mol. The summed E-state index contributed by atoms with van der Waals surface area (Å²) in [5.74, 6) is 0.334. The SMILES string of the molecule is Cc1ccc(S(=O)(=O)N=[S@](=O)(/C=C/C2CCCCC2)c2ccccc2)cc1. The Labute approximate surface area is 162 Å². The molecule has 6 heteroatoms. The zero-order valence-corrected chi connectivity index (χ0v) is 17.1. The molecule has 2 aromatic rings. The third kappa shape index (κ3) is 5.08. The van der Waals surface area contributed by atoms with Crippen molar-refractivity contribution in [3.05, 3.63) is 71.6 Å². The molecule has 0 aromatic heterocycles. The van der Waals surface area contributed by atoms with Crippen LogP contribution in [-0.2, 0) is 19.8 Å². The van der Waals surface area contributed by atoms with Crippen molar-refractivity contribution < 1.29 is 12.6 Å². The van der Waals surface area contributed by atoms with Gasteiger partial charge in [0.05, 0.1) is 9.79 Å². The maximum atomic E-state index is 13.7. The molecule has 0 N–H and O–H groups in total. The highest BCUT2D eigenvalue weighted by Crippen LogP contribution is 2.27. The van der Waals surface area contributed by atoms with Crippen molar-refractivity contribution in [3.8, 4) is 0 Å². The van der Waals surface area contributed by atoms with Crippen LogP contribution in [0.3, 0.4) is 0 Å². The molecule has 0 heterocycles. The Balaban J connectivity index is 2.06. The van der Waals surface area contributed by atoms with E-state index in [-0.39, 0.29) is 4.90 Å². The molecule has 0 amide bonds. The third-order valence-corrected chi connectivity index (χ3v) is 8.81. The predicted octanol–water partition coefficient (Wildman–Crippen LogP) is 5.30. The summed E-state index contributed by atoms with van der Waals surface area (Å²) >= 11 is 0. The Bertz CT molecular complexity index is 1010. The Hall–Kier alpha value is -1.92. The number of sulfonamides is 1. The van der Waals surface area contributed by atoms with E-state index in [9.17, 15) is 12.6 Å². The summed E-state index contributed by atoms with van der Waals surface area (Å²) in [6.07, 6.45) is 7.53. The maximum Gasteiger partial charge on any atom is 0.290 e. The van der Waals surface area contributed by atoms with E-state index in [1.165, 1.54) is 24.0 Å². The molecule has 1 saturated carbocycles. The molecular weight excluding hydrogens is 378 g/mol. The molecule has 0 unspecified atom stereocenters. The lowest BCUT2D eigenvalue weighted by atomic mass is 9.90. The second-order valence-electron chi connectivity index (χ2n) is 6.97. The van der Waals surface area contributed by atoms with Crippen LogP contribution in [0.4, 0.5) is 0 Å². The lowest BCUT2D eigenvalue weighted by Crippen LogP contribution is -2.07. The first-order valence-electron chi connectivity index (χ1n) is 9.22. The number of aryl methyl sites for hydroxylation is 1. The van der Waals surface area contributed by atoms with E-state index in [2.05, 4.69) is 3.77 Å². The van der Waals surface area contributed by atoms with Crippen molar-refractivity contribution in [2.24, 2.45) is 9.69 Å². The highest BCUT2D eigenvalue weighted by molar-refractivity contribution is 8.05. The highest BCUT2D eigenvalue weighted by Gasteiger charge is 2.20. The zero-order chi connectivity index (χ0) is 19.3. The Morgan fingerprint density at radius 2 is 1.48 bits per heavy atom. The Morgan fingerprint density at radius 1 is 0.852 bits per heavy atom. The van der Waals surface area contributed by atoms with Crippen LogP contribution in [-0.4, -0.2) is 12.6 Å². The first-order valence-corrected chi connectivity index (χ1v) is 12.2. The lowest BCUT2D eigenvalue weighted by molar-refractivity contribution is 0.419.